The molecule has 20 heavy (non-hydrogen) atoms. The predicted octanol–water partition coefficient (Wildman–Crippen LogP) is 3.36. The molecular formula is C16H23BrN2O. The van der Waals surface area contributed by atoms with Gasteiger partial charge in [-0.05, 0) is 51.3 Å². The number of nitrogens with one attached hydrogen (secondary N) is 1. The maximum atomic E-state index is 12.4. The first-order valence-electron chi connectivity index (χ1n) is 7.28. The number of benzene rings is 1. The maximum absolute atomic E-state index is 12.4. The van der Waals surface area contributed by atoms with Gasteiger partial charge in [0.25, 0.3) is 5.91 Å². The molecular weight excluding hydrogens is 316 g/mol. The maximum Gasteiger partial charge on any atom is 0.251 e. The first-order valence-corrected chi connectivity index (χ1v) is 8.07. The molecule has 1 aliphatic heterocycles. The summed E-state index contributed by atoms with van der Waals surface area (Å²) in [5.74, 6) is 0.0480. The molecule has 1 amide bonds. The fourth-order valence-corrected chi connectivity index (χ4v) is 3.02. The minimum absolute atomic E-state index is 0.0480. The van der Waals surface area contributed by atoms with Crippen LogP contribution in [-0.2, 0) is 0 Å². The van der Waals surface area contributed by atoms with Crippen LogP contribution in [-0.4, -0.2) is 36.0 Å². The summed E-state index contributed by atoms with van der Waals surface area (Å²) in [6.07, 6.45) is 2.08. The molecule has 0 atom stereocenters. The number of rotatable bonds is 3. The van der Waals surface area contributed by atoms with E-state index in [1.54, 1.807) is 0 Å². The van der Waals surface area contributed by atoms with Crippen molar-refractivity contribution in [2.24, 2.45) is 0 Å². The number of carbonyl (C=O) groups excluding carboxylic acids is 1. The zero-order valence-electron chi connectivity index (χ0n) is 12.4. The van der Waals surface area contributed by atoms with Crippen molar-refractivity contribution in [1.29, 1.82) is 0 Å². The van der Waals surface area contributed by atoms with Crippen LogP contribution < -0.4 is 5.32 Å². The van der Waals surface area contributed by atoms with E-state index in [0.717, 1.165) is 41.5 Å². The Bertz CT molecular complexity index is 479. The monoisotopic (exact) mass is 338 g/mol. The highest BCUT2D eigenvalue weighted by Crippen LogP contribution is 2.18. The van der Waals surface area contributed by atoms with Gasteiger partial charge in [0.15, 0.2) is 0 Å². The third-order valence-corrected chi connectivity index (χ3v) is 4.53. The lowest BCUT2D eigenvalue weighted by atomic mass is 10.0. The van der Waals surface area contributed by atoms with Gasteiger partial charge in [-0.3, -0.25) is 4.79 Å². The summed E-state index contributed by atoms with van der Waals surface area (Å²) in [5.41, 5.74) is 1.79. The Balaban J connectivity index is 1.94. The number of aryl methyl sites for hydroxylation is 1. The number of amides is 1. The number of nitrogens with zero attached hydrogens (tertiary/aromatic N) is 1. The van der Waals surface area contributed by atoms with Gasteiger partial charge in [0.05, 0.1) is 0 Å². The van der Waals surface area contributed by atoms with Crippen molar-refractivity contribution in [1.82, 2.24) is 10.2 Å². The summed E-state index contributed by atoms with van der Waals surface area (Å²) in [6, 6.07) is 6.73. The molecule has 110 valence electrons. The molecule has 0 aromatic heterocycles. The van der Waals surface area contributed by atoms with Crippen LogP contribution in [0.2, 0.25) is 0 Å². The summed E-state index contributed by atoms with van der Waals surface area (Å²) in [6.45, 7) is 8.57. The van der Waals surface area contributed by atoms with Crippen LogP contribution in [0.4, 0.5) is 0 Å². The Morgan fingerprint density at radius 1 is 1.35 bits per heavy atom. The van der Waals surface area contributed by atoms with Gasteiger partial charge >= 0.3 is 0 Å². The normalized spacial score (nSPS) is 17.4. The highest BCUT2D eigenvalue weighted by atomic mass is 79.9. The average molecular weight is 339 g/mol. The number of halogens is 1. The zero-order chi connectivity index (χ0) is 14.7. The lowest BCUT2D eigenvalue weighted by molar-refractivity contribution is 0.0900. The Kier molecular flexibility index (Phi) is 5.22. The molecule has 0 saturated carbocycles. The van der Waals surface area contributed by atoms with E-state index in [1.807, 2.05) is 25.1 Å². The first-order chi connectivity index (χ1) is 9.47. The van der Waals surface area contributed by atoms with E-state index in [0.29, 0.717) is 12.1 Å². The van der Waals surface area contributed by atoms with Crippen molar-refractivity contribution in [3.05, 3.63) is 33.8 Å². The predicted molar refractivity (Wildman–Crippen MR) is 86.1 cm³/mol. The number of piperidine rings is 1. The van der Waals surface area contributed by atoms with Gasteiger partial charge in [0, 0.05) is 35.2 Å². The van der Waals surface area contributed by atoms with Crippen molar-refractivity contribution >= 4 is 21.8 Å². The molecule has 1 N–H and O–H groups in total. The molecule has 2 rings (SSSR count). The molecule has 0 radical (unpaired) electrons. The van der Waals surface area contributed by atoms with E-state index in [1.165, 1.54) is 0 Å². The highest BCUT2D eigenvalue weighted by molar-refractivity contribution is 9.10. The second-order valence-electron chi connectivity index (χ2n) is 5.84. The van der Waals surface area contributed by atoms with Gasteiger partial charge < -0.3 is 10.2 Å². The fourth-order valence-electron chi connectivity index (χ4n) is 2.66. The van der Waals surface area contributed by atoms with Crippen molar-refractivity contribution < 1.29 is 4.79 Å². The molecule has 1 heterocycles. The standard InChI is InChI=1S/C16H23BrN2O/c1-11(2)19-8-6-14(7-9-19)18-16(20)15-10-13(17)5-4-12(15)3/h4-5,10-11,14H,6-9H2,1-3H3,(H,18,20). The first kappa shape index (κ1) is 15.5. The summed E-state index contributed by atoms with van der Waals surface area (Å²) in [4.78, 5) is 14.8. The summed E-state index contributed by atoms with van der Waals surface area (Å²) >= 11 is 3.43. The number of hydrogen-bond donors (Lipinski definition) is 1. The molecule has 1 saturated heterocycles. The van der Waals surface area contributed by atoms with Crippen LogP contribution >= 0.6 is 15.9 Å². The summed E-state index contributed by atoms with van der Waals surface area (Å²) in [5, 5.41) is 3.18. The number of hydrogen-bond acceptors (Lipinski definition) is 2. The largest absolute Gasteiger partial charge is 0.349 e. The van der Waals surface area contributed by atoms with Crippen LogP contribution in [0.25, 0.3) is 0 Å². The Morgan fingerprint density at radius 3 is 2.60 bits per heavy atom. The van der Waals surface area contributed by atoms with E-state index in [4.69, 9.17) is 0 Å². The topological polar surface area (TPSA) is 32.3 Å². The van der Waals surface area contributed by atoms with Crippen LogP contribution in [0.1, 0.15) is 42.6 Å². The van der Waals surface area contributed by atoms with Gasteiger partial charge in [-0.1, -0.05) is 22.0 Å². The van der Waals surface area contributed by atoms with Gasteiger partial charge in [0.1, 0.15) is 0 Å². The summed E-state index contributed by atoms with van der Waals surface area (Å²) in [7, 11) is 0. The van der Waals surface area contributed by atoms with Crippen LogP contribution in [0.5, 0.6) is 0 Å². The second-order valence-corrected chi connectivity index (χ2v) is 6.75. The molecule has 1 aliphatic rings. The van der Waals surface area contributed by atoms with Crippen LogP contribution in [0.3, 0.4) is 0 Å². The average Bonchev–Trinajstić information content (AvgIpc) is 2.42. The quantitative estimate of drug-likeness (QED) is 0.916. The molecule has 0 spiro atoms. The van der Waals surface area contributed by atoms with Gasteiger partial charge in [-0.2, -0.15) is 0 Å². The Morgan fingerprint density at radius 2 is 2.00 bits per heavy atom. The minimum atomic E-state index is 0.0480. The summed E-state index contributed by atoms with van der Waals surface area (Å²) < 4.78 is 0.947. The lowest BCUT2D eigenvalue weighted by Gasteiger charge is -2.34. The molecule has 0 bridgehead atoms. The van der Waals surface area contributed by atoms with Gasteiger partial charge in [-0.25, -0.2) is 0 Å². The van der Waals surface area contributed by atoms with E-state index in [-0.39, 0.29) is 5.91 Å². The highest BCUT2D eigenvalue weighted by Gasteiger charge is 2.22. The molecule has 4 heteroatoms. The van der Waals surface area contributed by atoms with E-state index < -0.39 is 0 Å². The minimum Gasteiger partial charge on any atom is -0.349 e. The Labute approximate surface area is 129 Å². The van der Waals surface area contributed by atoms with Crippen LogP contribution in [0, 0.1) is 6.92 Å². The molecule has 0 aliphatic carbocycles. The van der Waals surface area contributed by atoms with E-state index in [2.05, 4.69) is 40.0 Å². The molecule has 1 fully saturated rings. The molecule has 3 nitrogen and oxygen atoms in total. The van der Waals surface area contributed by atoms with Crippen molar-refractivity contribution in [3.63, 3.8) is 0 Å². The smallest absolute Gasteiger partial charge is 0.251 e. The zero-order valence-corrected chi connectivity index (χ0v) is 14.0. The van der Waals surface area contributed by atoms with Gasteiger partial charge in [0.2, 0.25) is 0 Å². The number of carbonyl (C=O) groups is 1. The van der Waals surface area contributed by atoms with Gasteiger partial charge in [-0.15, -0.1) is 0 Å². The third kappa shape index (κ3) is 3.83. The van der Waals surface area contributed by atoms with E-state index in [9.17, 15) is 4.79 Å². The molecule has 1 aromatic carbocycles. The lowest BCUT2D eigenvalue weighted by Crippen LogP contribution is -2.46. The van der Waals surface area contributed by atoms with Crippen molar-refractivity contribution in [3.8, 4) is 0 Å². The van der Waals surface area contributed by atoms with Crippen molar-refractivity contribution in [2.45, 2.75) is 45.7 Å². The fraction of sp³-hybridized carbons (Fsp3) is 0.562. The van der Waals surface area contributed by atoms with Crippen molar-refractivity contribution in [2.75, 3.05) is 13.1 Å². The second kappa shape index (κ2) is 6.72. The van der Waals surface area contributed by atoms with E-state index >= 15 is 0 Å². The Hall–Kier alpha value is -0.870. The SMILES string of the molecule is Cc1ccc(Br)cc1C(=O)NC1CCN(C(C)C)CC1. The number of likely N-dealkylation sites (tertiary alicyclic amines) is 1. The molecule has 0 unspecified atom stereocenters. The molecule has 1 aromatic rings. The third-order valence-electron chi connectivity index (χ3n) is 4.04. The van der Waals surface area contributed by atoms with Crippen LogP contribution in [0.15, 0.2) is 22.7 Å².